The number of rotatable bonds is 2. The molecule has 2 heterocycles. The standard InChI is InChI=1S/C15H14ClF3N4/c16-13-4-5-14(21-20-13)23-8-6-22(7-9-23)12-3-1-2-11(10-12)15(17,18)19/h1-5,10H,6-9H2. The van der Waals surface area contributed by atoms with Crippen molar-refractivity contribution in [2.75, 3.05) is 36.0 Å². The van der Waals surface area contributed by atoms with Gasteiger partial charge in [-0.3, -0.25) is 0 Å². The molecule has 3 rings (SSSR count). The van der Waals surface area contributed by atoms with Crippen molar-refractivity contribution in [1.82, 2.24) is 10.2 Å². The second kappa shape index (κ2) is 6.23. The van der Waals surface area contributed by atoms with E-state index in [0.717, 1.165) is 11.9 Å². The van der Waals surface area contributed by atoms with Crippen LogP contribution in [-0.4, -0.2) is 36.4 Å². The van der Waals surface area contributed by atoms with Crippen LogP contribution in [0.2, 0.25) is 5.15 Å². The van der Waals surface area contributed by atoms with Crippen molar-refractivity contribution in [2.45, 2.75) is 6.18 Å². The molecule has 2 aromatic rings. The number of anilines is 2. The molecule has 0 atom stereocenters. The summed E-state index contributed by atoms with van der Waals surface area (Å²) in [7, 11) is 0. The van der Waals surface area contributed by atoms with Gasteiger partial charge in [0.1, 0.15) is 0 Å². The van der Waals surface area contributed by atoms with Gasteiger partial charge in [0.25, 0.3) is 0 Å². The number of nitrogens with zero attached hydrogens (tertiary/aromatic N) is 4. The third kappa shape index (κ3) is 3.67. The highest BCUT2D eigenvalue weighted by atomic mass is 35.5. The first kappa shape index (κ1) is 15.9. The summed E-state index contributed by atoms with van der Waals surface area (Å²) >= 11 is 5.71. The van der Waals surface area contributed by atoms with E-state index in [4.69, 9.17) is 11.6 Å². The van der Waals surface area contributed by atoms with Crippen molar-refractivity contribution >= 4 is 23.1 Å². The van der Waals surface area contributed by atoms with Crippen LogP contribution in [0.1, 0.15) is 5.56 Å². The molecule has 0 amide bonds. The van der Waals surface area contributed by atoms with Gasteiger partial charge in [-0.05, 0) is 30.3 Å². The Kier molecular flexibility index (Phi) is 4.30. The molecular weight excluding hydrogens is 329 g/mol. The zero-order chi connectivity index (χ0) is 16.4. The van der Waals surface area contributed by atoms with E-state index >= 15 is 0 Å². The molecule has 1 fully saturated rings. The molecule has 0 unspecified atom stereocenters. The molecule has 1 aliphatic heterocycles. The van der Waals surface area contributed by atoms with Gasteiger partial charge in [-0.1, -0.05) is 17.7 Å². The third-order valence-corrected chi connectivity index (χ3v) is 3.96. The highest BCUT2D eigenvalue weighted by molar-refractivity contribution is 6.29. The van der Waals surface area contributed by atoms with Gasteiger partial charge in [0.15, 0.2) is 11.0 Å². The Hall–Kier alpha value is -2.02. The van der Waals surface area contributed by atoms with Crippen molar-refractivity contribution in [2.24, 2.45) is 0 Å². The summed E-state index contributed by atoms with van der Waals surface area (Å²) in [4.78, 5) is 3.97. The third-order valence-electron chi connectivity index (χ3n) is 3.76. The molecule has 1 aromatic carbocycles. The van der Waals surface area contributed by atoms with E-state index in [1.165, 1.54) is 12.1 Å². The molecule has 0 radical (unpaired) electrons. The number of piperazine rings is 1. The van der Waals surface area contributed by atoms with E-state index in [1.807, 2.05) is 9.80 Å². The molecule has 1 aromatic heterocycles. The van der Waals surface area contributed by atoms with E-state index in [1.54, 1.807) is 18.2 Å². The van der Waals surface area contributed by atoms with Crippen molar-refractivity contribution < 1.29 is 13.2 Å². The van der Waals surface area contributed by atoms with Gasteiger partial charge in [0.05, 0.1) is 5.56 Å². The second-order valence-corrected chi connectivity index (χ2v) is 5.62. The maximum atomic E-state index is 12.8. The summed E-state index contributed by atoms with van der Waals surface area (Å²) in [6.45, 7) is 2.55. The summed E-state index contributed by atoms with van der Waals surface area (Å²) in [6, 6.07) is 8.88. The summed E-state index contributed by atoms with van der Waals surface area (Å²) in [6.07, 6.45) is -4.32. The van der Waals surface area contributed by atoms with Crippen molar-refractivity contribution in [3.8, 4) is 0 Å². The zero-order valence-corrected chi connectivity index (χ0v) is 12.8. The van der Waals surface area contributed by atoms with Crippen molar-refractivity contribution in [3.63, 3.8) is 0 Å². The smallest absolute Gasteiger partial charge is 0.368 e. The highest BCUT2D eigenvalue weighted by Crippen LogP contribution is 2.32. The minimum Gasteiger partial charge on any atom is -0.368 e. The molecule has 4 nitrogen and oxygen atoms in total. The van der Waals surface area contributed by atoms with E-state index in [0.29, 0.717) is 37.0 Å². The van der Waals surface area contributed by atoms with Gasteiger partial charge in [-0.25, -0.2) is 0 Å². The quantitative estimate of drug-likeness (QED) is 0.836. The maximum Gasteiger partial charge on any atom is 0.416 e. The Morgan fingerprint density at radius 2 is 1.61 bits per heavy atom. The van der Waals surface area contributed by atoms with Crippen LogP contribution < -0.4 is 9.80 Å². The fourth-order valence-electron chi connectivity index (χ4n) is 2.55. The average molecular weight is 343 g/mol. The normalized spacial score (nSPS) is 15.8. The molecule has 0 N–H and O–H groups in total. The fraction of sp³-hybridized carbons (Fsp3) is 0.333. The van der Waals surface area contributed by atoms with E-state index in [9.17, 15) is 13.2 Å². The second-order valence-electron chi connectivity index (χ2n) is 5.24. The lowest BCUT2D eigenvalue weighted by Crippen LogP contribution is -2.47. The van der Waals surface area contributed by atoms with Crippen LogP contribution in [-0.2, 0) is 6.18 Å². The zero-order valence-electron chi connectivity index (χ0n) is 12.1. The Labute approximate surface area is 136 Å². The van der Waals surface area contributed by atoms with Crippen LogP contribution in [0.25, 0.3) is 0 Å². The lowest BCUT2D eigenvalue weighted by molar-refractivity contribution is -0.137. The lowest BCUT2D eigenvalue weighted by Gasteiger charge is -2.36. The Bertz CT molecular complexity index is 667. The number of hydrogen-bond acceptors (Lipinski definition) is 4. The summed E-state index contributed by atoms with van der Waals surface area (Å²) < 4.78 is 38.4. The first-order valence-electron chi connectivity index (χ1n) is 7.10. The monoisotopic (exact) mass is 342 g/mol. The molecule has 23 heavy (non-hydrogen) atoms. The number of halogens is 4. The Morgan fingerprint density at radius 3 is 2.22 bits per heavy atom. The number of hydrogen-bond donors (Lipinski definition) is 0. The highest BCUT2D eigenvalue weighted by Gasteiger charge is 2.31. The maximum absolute atomic E-state index is 12.8. The van der Waals surface area contributed by atoms with Crippen molar-refractivity contribution in [1.29, 1.82) is 0 Å². The topological polar surface area (TPSA) is 32.3 Å². The predicted molar refractivity (Wildman–Crippen MR) is 82.9 cm³/mol. The van der Waals surface area contributed by atoms with Crippen LogP contribution >= 0.6 is 11.6 Å². The average Bonchev–Trinajstić information content (AvgIpc) is 2.55. The molecule has 8 heteroatoms. The summed E-state index contributed by atoms with van der Waals surface area (Å²) in [5.41, 5.74) is -0.0392. The molecule has 122 valence electrons. The molecule has 0 aliphatic carbocycles. The van der Waals surface area contributed by atoms with Crippen LogP contribution in [0.3, 0.4) is 0 Å². The molecule has 0 spiro atoms. The lowest BCUT2D eigenvalue weighted by atomic mass is 10.1. The van der Waals surface area contributed by atoms with Gasteiger partial charge in [-0.2, -0.15) is 13.2 Å². The van der Waals surface area contributed by atoms with Crippen LogP contribution in [0.15, 0.2) is 36.4 Å². The SMILES string of the molecule is FC(F)(F)c1cccc(N2CCN(c3ccc(Cl)nn3)CC2)c1. The first-order chi connectivity index (χ1) is 10.9. The minimum atomic E-state index is -4.32. The molecular formula is C15H14ClF3N4. The van der Waals surface area contributed by atoms with Gasteiger partial charge < -0.3 is 9.80 Å². The summed E-state index contributed by atoms with van der Waals surface area (Å²) in [5.74, 6) is 0.720. The van der Waals surface area contributed by atoms with Gasteiger partial charge >= 0.3 is 6.18 Å². The minimum absolute atomic E-state index is 0.330. The molecule has 0 saturated carbocycles. The molecule has 1 aliphatic rings. The summed E-state index contributed by atoms with van der Waals surface area (Å²) in [5, 5.41) is 8.16. The Balaban J connectivity index is 1.68. The van der Waals surface area contributed by atoms with Gasteiger partial charge in [0.2, 0.25) is 0 Å². The molecule has 0 bridgehead atoms. The van der Waals surface area contributed by atoms with E-state index < -0.39 is 11.7 Å². The van der Waals surface area contributed by atoms with Gasteiger partial charge in [-0.15, -0.1) is 10.2 Å². The first-order valence-corrected chi connectivity index (χ1v) is 7.48. The Morgan fingerprint density at radius 1 is 0.913 bits per heavy atom. The van der Waals surface area contributed by atoms with E-state index in [-0.39, 0.29) is 0 Å². The number of benzene rings is 1. The van der Waals surface area contributed by atoms with Crippen LogP contribution in [0, 0.1) is 0 Å². The predicted octanol–water partition coefficient (Wildman–Crippen LogP) is 3.48. The van der Waals surface area contributed by atoms with E-state index in [2.05, 4.69) is 10.2 Å². The van der Waals surface area contributed by atoms with Crippen molar-refractivity contribution in [3.05, 3.63) is 47.1 Å². The largest absolute Gasteiger partial charge is 0.416 e. The van der Waals surface area contributed by atoms with Crippen LogP contribution in [0.4, 0.5) is 24.7 Å². The number of aromatic nitrogens is 2. The fourth-order valence-corrected chi connectivity index (χ4v) is 2.65. The van der Waals surface area contributed by atoms with Crippen LogP contribution in [0.5, 0.6) is 0 Å². The van der Waals surface area contributed by atoms with Gasteiger partial charge in [0, 0.05) is 31.9 Å². The molecule has 1 saturated heterocycles. The number of alkyl halides is 3.